The zero-order valence-corrected chi connectivity index (χ0v) is 8.30. The molecular weight excluding hydrogens is 216 g/mol. The van der Waals surface area contributed by atoms with Gasteiger partial charge in [0.05, 0.1) is 0 Å². The van der Waals surface area contributed by atoms with Crippen molar-refractivity contribution in [3.05, 3.63) is 17.5 Å². The highest BCUT2D eigenvalue weighted by Gasteiger charge is 2.14. The Morgan fingerprint density at radius 1 is 1.67 bits per heavy atom. The Morgan fingerprint density at radius 2 is 2.33 bits per heavy atom. The summed E-state index contributed by atoms with van der Waals surface area (Å²) in [6, 6.07) is 3.12. The minimum atomic E-state index is -3.51. The van der Waals surface area contributed by atoms with Gasteiger partial charge >= 0.3 is 0 Å². The van der Waals surface area contributed by atoms with Crippen LogP contribution in [-0.4, -0.2) is 13.5 Å². The molecule has 1 aromatic heterocycles. The first-order chi connectivity index (χ1) is 5.52. The maximum Gasteiger partial charge on any atom is 0.273 e. The summed E-state index contributed by atoms with van der Waals surface area (Å²) < 4.78 is 24.7. The van der Waals surface area contributed by atoms with E-state index < -0.39 is 10.0 Å². The van der Waals surface area contributed by atoms with Crippen molar-refractivity contribution in [2.45, 2.75) is 4.21 Å². The zero-order valence-electron chi connectivity index (χ0n) is 5.85. The second-order valence-electron chi connectivity index (χ2n) is 1.90. The van der Waals surface area contributed by atoms with Crippen molar-refractivity contribution in [3.8, 4) is 0 Å². The molecule has 0 bridgehead atoms. The smallest absolute Gasteiger partial charge is 0.273 e. The maximum atomic E-state index is 11.2. The average Bonchev–Trinajstić information content (AvgIpc) is 2.32. The van der Waals surface area contributed by atoms with Gasteiger partial charge in [-0.1, -0.05) is 6.07 Å². The van der Waals surface area contributed by atoms with Crippen LogP contribution in [-0.2, 0) is 10.0 Å². The van der Waals surface area contributed by atoms with Crippen molar-refractivity contribution < 1.29 is 8.42 Å². The van der Waals surface area contributed by atoms with Crippen LogP contribution in [0.2, 0.25) is 0 Å². The summed E-state index contributed by atoms with van der Waals surface area (Å²) in [5.41, 5.74) is 5.03. The lowest BCUT2D eigenvalue weighted by atomic mass is 10.7. The molecule has 0 amide bonds. The highest BCUT2D eigenvalue weighted by atomic mass is 32.2. The Hall–Kier alpha value is -0.660. The van der Waals surface area contributed by atoms with Crippen LogP contribution in [0.3, 0.4) is 0 Å². The van der Waals surface area contributed by atoms with Crippen LogP contribution in [0.25, 0.3) is 0 Å². The Balaban J connectivity index is 2.96. The van der Waals surface area contributed by atoms with Crippen LogP contribution in [0.5, 0.6) is 0 Å². The molecule has 0 aliphatic rings. The van der Waals surface area contributed by atoms with Gasteiger partial charge in [0.15, 0.2) is 5.11 Å². The lowest BCUT2D eigenvalue weighted by Gasteiger charge is -2.01. The van der Waals surface area contributed by atoms with Crippen molar-refractivity contribution in [1.82, 2.24) is 4.72 Å². The molecule has 1 rings (SSSR count). The van der Waals surface area contributed by atoms with Crippen molar-refractivity contribution in [1.29, 1.82) is 0 Å². The molecule has 0 fully saturated rings. The zero-order chi connectivity index (χ0) is 9.19. The van der Waals surface area contributed by atoms with Crippen molar-refractivity contribution in [2.75, 3.05) is 0 Å². The molecule has 0 aromatic carbocycles. The first-order valence-electron chi connectivity index (χ1n) is 2.88. The fraction of sp³-hybridized carbons (Fsp3) is 0. The van der Waals surface area contributed by atoms with E-state index in [9.17, 15) is 8.42 Å². The van der Waals surface area contributed by atoms with E-state index in [1.165, 1.54) is 6.07 Å². The lowest BCUT2D eigenvalue weighted by Crippen LogP contribution is -2.34. The summed E-state index contributed by atoms with van der Waals surface area (Å²) in [5.74, 6) is 0. The third-order valence-corrected chi connectivity index (χ3v) is 3.99. The number of rotatable bonds is 2. The van der Waals surface area contributed by atoms with E-state index in [1.54, 1.807) is 11.4 Å². The van der Waals surface area contributed by atoms with Gasteiger partial charge in [0.25, 0.3) is 10.0 Å². The van der Waals surface area contributed by atoms with Crippen LogP contribution >= 0.6 is 23.6 Å². The SMILES string of the molecule is NC(=S)NS(=O)(=O)c1cccs1. The number of sulfonamides is 1. The summed E-state index contributed by atoms with van der Waals surface area (Å²) in [7, 11) is -3.51. The van der Waals surface area contributed by atoms with E-state index in [4.69, 9.17) is 5.73 Å². The molecule has 12 heavy (non-hydrogen) atoms. The highest BCUT2D eigenvalue weighted by Crippen LogP contribution is 2.14. The number of hydrogen-bond acceptors (Lipinski definition) is 4. The Bertz CT molecular complexity index is 367. The fourth-order valence-corrected chi connectivity index (χ4v) is 2.80. The molecule has 1 aromatic rings. The van der Waals surface area contributed by atoms with Gasteiger partial charge in [-0.05, 0) is 23.7 Å². The number of nitrogens with two attached hydrogens (primary N) is 1. The predicted octanol–water partition coefficient (Wildman–Crippen LogP) is 0.270. The second kappa shape index (κ2) is 3.38. The van der Waals surface area contributed by atoms with Gasteiger partial charge in [-0.15, -0.1) is 11.3 Å². The topological polar surface area (TPSA) is 72.2 Å². The molecular formula is C5H6N2O2S3. The molecule has 0 radical (unpaired) electrons. The monoisotopic (exact) mass is 222 g/mol. The van der Waals surface area contributed by atoms with Gasteiger partial charge in [-0.3, -0.25) is 4.72 Å². The Kier molecular flexibility index (Phi) is 2.65. The Morgan fingerprint density at radius 3 is 2.75 bits per heavy atom. The predicted molar refractivity (Wildman–Crippen MR) is 51.4 cm³/mol. The molecule has 0 saturated carbocycles. The maximum absolute atomic E-state index is 11.2. The summed E-state index contributed by atoms with van der Waals surface area (Å²) in [6.45, 7) is 0. The van der Waals surface area contributed by atoms with Gasteiger partial charge in [0, 0.05) is 0 Å². The summed E-state index contributed by atoms with van der Waals surface area (Å²) >= 11 is 5.52. The second-order valence-corrected chi connectivity index (χ2v) is 5.20. The molecule has 0 atom stereocenters. The number of nitrogens with one attached hydrogen (secondary N) is 1. The summed E-state index contributed by atoms with van der Waals surface area (Å²) in [4.78, 5) is 0. The normalized spacial score (nSPS) is 11.0. The Labute approximate surface area is 79.4 Å². The molecule has 0 spiro atoms. The quantitative estimate of drug-likeness (QED) is 0.705. The minimum absolute atomic E-state index is 0.204. The fourth-order valence-electron chi connectivity index (χ4n) is 0.599. The molecule has 1 heterocycles. The van der Waals surface area contributed by atoms with Gasteiger partial charge in [-0.25, -0.2) is 8.42 Å². The highest BCUT2D eigenvalue weighted by molar-refractivity contribution is 7.93. The van der Waals surface area contributed by atoms with E-state index in [-0.39, 0.29) is 9.32 Å². The van der Waals surface area contributed by atoms with Crippen molar-refractivity contribution >= 4 is 38.7 Å². The number of thiophene rings is 1. The van der Waals surface area contributed by atoms with Crippen LogP contribution in [0.15, 0.2) is 21.7 Å². The molecule has 0 unspecified atom stereocenters. The largest absolute Gasteiger partial charge is 0.376 e. The molecule has 0 aliphatic heterocycles. The van der Waals surface area contributed by atoms with E-state index in [0.717, 1.165) is 11.3 Å². The molecule has 7 heteroatoms. The van der Waals surface area contributed by atoms with E-state index in [0.29, 0.717) is 0 Å². The van der Waals surface area contributed by atoms with Crippen LogP contribution in [0, 0.1) is 0 Å². The molecule has 0 aliphatic carbocycles. The number of hydrogen-bond donors (Lipinski definition) is 2. The number of thiocarbonyl (C=S) groups is 1. The van der Waals surface area contributed by atoms with Gasteiger partial charge in [0.1, 0.15) is 4.21 Å². The first kappa shape index (κ1) is 9.43. The lowest BCUT2D eigenvalue weighted by molar-refractivity contribution is 0.595. The van der Waals surface area contributed by atoms with E-state index in [2.05, 4.69) is 12.2 Å². The standard InChI is InChI=1S/C5H6N2O2S3/c6-5(10)7-12(8,9)4-2-1-3-11-4/h1-3H,(H3,6,7,10). The van der Waals surface area contributed by atoms with Gasteiger partial charge in [-0.2, -0.15) is 0 Å². The van der Waals surface area contributed by atoms with Crippen molar-refractivity contribution in [2.24, 2.45) is 5.73 Å². The van der Waals surface area contributed by atoms with E-state index in [1.807, 2.05) is 4.72 Å². The molecule has 0 saturated heterocycles. The van der Waals surface area contributed by atoms with Gasteiger partial charge < -0.3 is 5.73 Å². The van der Waals surface area contributed by atoms with E-state index >= 15 is 0 Å². The molecule has 3 N–H and O–H groups in total. The molecule has 4 nitrogen and oxygen atoms in total. The summed E-state index contributed by atoms with van der Waals surface area (Å²) in [5, 5.41) is 1.41. The third kappa shape index (κ3) is 2.16. The van der Waals surface area contributed by atoms with Crippen LogP contribution in [0.4, 0.5) is 0 Å². The molecule has 66 valence electrons. The van der Waals surface area contributed by atoms with Crippen LogP contribution in [0.1, 0.15) is 0 Å². The van der Waals surface area contributed by atoms with Crippen molar-refractivity contribution in [3.63, 3.8) is 0 Å². The third-order valence-electron chi connectivity index (χ3n) is 0.995. The average molecular weight is 222 g/mol. The first-order valence-corrected chi connectivity index (χ1v) is 5.65. The van der Waals surface area contributed by atoms with Gasteiger partial charge in [0.2, 0.25) is 0 Å². The summed E-state index contributed by atoms with van der Waals surface area (Å²) in [6.07, 6.45) is 0. The van der Waals surface area contributed by atoms with Crippen LogP contribution < -0.4 is 10.5 Å². The minimum Gasteiger partial charge on any atom is -0.376 e.